The van der Waals surface area contributed by atoms with Crippen LogP contribution in [0.15, 0.2) is 212 Å². The molecule has 11 rings (SSSR count). The molecule has 0 spiro atoms. The molecule has 0 unspecified atom stereocenters. The van der Waals surface area contributed by atoms with E-state index in [-0.39, 0.29) is 0 Å². The van der Waals surface area contributed by atoms with Crippen LogP contribution in [-0.2, 0) is 0 Å². The summed E-state index contributed by atoms with van der Waals surface area (Å²) in [5, 5.41) is 4.98. The highest BCUT2D eigenvalue weighted by molar-refractivity contribution is 6.17. The second-order valence-corrected chi connectivity index (χ2v) is 14.4. The zero-order chi connectivity index (χ0) is 37.0. The fourth-order valence-electron chi connectivity index (χ4n) is 8.57. The van der Waals surface area contributed by atoms with E-state index in [1.165, 1.54) is 54.7 Å². The maximum absolute atomic E-state index is 5.14. The monoisotopic (exact) mass is 713 g/mol. The molecule has 11 aromatic rings. The van der Waals surface area contributed by atoms with E-state index < -0.39 is 0 Å². The minimum atomic E-state index is 0.956. The van der Waals surface area contributed by atoms with Crippen molar-refractivity contribution in [1.29, 1.82) is 0 Å². The Bertz CT molecular complexity index is 3170. The van der Waals surface area contributed by atoms with Gasteiger partial charge in [0.15, 0.2) is 0 Å². The molecule has 8 aromatic carbocycles. The van der Waals surface area contributed by atoms with Crippen LogP contribution in [0.25, 0.3) is 99.8 Å². The zero-order valence-corrected chi connectivity index (χ0v) is 30.5. The highest BCUT2D eigenvalue weighted by Gasteiger charge is 2.19. The fourth-order valence-corrected chi connectivity index (χ4v) is 8.57. The Labute approximate surface area is 325 Å². The second kappa shape index (κ2) is 13.1. The van der Waals surface area contributed by atoms with Crippen LogP contribution in [0.3, 0.4) is 0 Å². The van der Waals surface area contributed by atoms with E-state index in [1.54, 1.807) is 0 Å². The van der Waals surface area contributed by atoms with Crippen molar-refractivity contribution in [3.8, 4) is 56.1 Å². The molecule has 0 amide bonds. The molecule has 0 bridgehead atoms. The second-order valence-electron chi connectivity index (χ2n) is 14.4. The number of hydrogen-bond acceptors (Lipinski definition) is 1. The molecule has 3 nitrogen and oxygen atoms in total. The Morgan fingerprint density at radius 3 is 1.52 bits per heavy atom. The van der Waals surface area contributed by atoms with Gasteiger partial charge in [-0.05, 0) is 89.0 Å². The van der Waals surface area contributed by atoms with Gasteiger partial charge in [0.1, 0.15) is 0 Å². The number of para-hydroxylation sites is 3. The van der Waals surface area contributed by atoms with Gasteiger partial charge in [-0.3, -0.25) is 0 Å². The van der Waals surface area contributed by atoms with E-state index in [9.17, 15) is 0 Å². The van der Waals surface area contributed by atoms with E-state index in [0.29, 0.717) is 0 Å². The average Bonchev–Trinajstić information content (AvgIpc) is 3.80. The largest absolute Gasteiger partial charge is 0.309 e. The molecule has 0 aliphatic heterocycles. The number of benzene rings is 8. The van der Waals surface area contributed by atoms with Crippen LogP contribution in [0.1, 0.15) is 0 Å². The van der Waals surface area contributed by atoms with Gasteiger partial charge in [-0.15, -0.1) is 0 Å². The third-order valence-corrected chi connectivity index (χ3v) is 11.1. The van der Waals surface area contributed by atoms with Gasteiger partial charge in [-0.2, -0.15) is 0 Å². The van der Waals surface area contributed by atoms with Crippen LogP contribution in [0.5, 0.6) is 0 Å². The van der Waals surface area contributed by atoms with Gasteiger partial charge in [-0.1, -0.05) is 146 Å². The molecule has 0 aliphatic rings. The number of hydrogen-bond donors (Lipinski definition) is 0. The Morgan fingerprint density at radius 1 is 0.286 bits per heavy atom. The molecule has 262 valence electrons. The number of aromatic nitrogens is 3. The minimum Gasteiger partial charge on any atom is -0.309 e. The lowest BCUT2D eigenvalue weighted by atomic mass is 9.98. The topological polar surface area (TPSA) is 22.8 Å². The van der Waals surface area contributed by atoms with Crippen molar-refractivity contribution in [1.82, 2.24) is 14.1 Å². The molecule has 0 radical (unpaired) electrons. The third-order valence-electron chi connectivity index (χ3n) is 11.1. The summed E-state index contributed by atoms with van der Waals surface area (Å²) < 4.78 is 4.80. The van der Waals surface area contributed by atoms with Crippen LogP contribution in [0.4, 0.5) is 0 Å². The summed E-state index contributed by atoms with van der Waals surface area (Å²) in [6.45, 7) is 0. The van der Waals surface area contributed by atoms with Crippen LogP contribution in [-0.4, -0.2) is 14.1 Å². The lowest BCUT2D eigenvalue weighted by molar-refractivity contribution is 1.18. The summed E-state index contributed by atoms with van der Waals surface area (Å²) in [5.41, 5.74) is 15.9. The third kappa shape index (κ3) is 5.25. The molecule has 56 heavy (non-hydrogen) atoms. The molecule has 3 aromatic heterocycles. The maximum Gasteiger partial charge on any atom is 0.0715 e. The standard InChI is InChI=1S/C53H35N3/c1-4-16-36(17-5-1)47-34-40(35-48(54-47)37-18-6-2-7-19-37)38-20-14-23-42(32-38)56-50-28-13-11-25-45(50)53-43(26-15-29-52(53)56)39-30-31-51-46(33-39)44-24-10-12-27-49(44)55(51)41-21-8-3-9-22-41/h1-35H. The van der Waals surface area contributed by atoms with Gasteiger partial charge in [0.05, 0.1) is 33.5 Å². The summed E-state index contributed by atoms with van der Waals surface area (Å²) in [4.78, 5) is 5.14. The zero-order valence-electron chi connectivity index (χ0n) is 30.5. The van der Waals surface area contributed by atoms with Crippen molar-refractivity contribution >= 4 is 43.6 Å². The molecule has 0 fully saturated rings. The van der Waals surface area contributed by atoms with E-state index in [4.69, 9.17) is 4.98 Å². The predicted octanol–water partition coefficient (Wildman–Crippen LogP) is 13.9. The average molecular weight is 714 g/mol. The fraction of sp³-hybridized carbons (Fsp3) is 0. The van der Waals surface area contributed by atoms with Crippen LogP contribution in [0, 0.1) is 0 Å². The van der Waals surface area contributed by atoms with Crippen molar-refractivity contribution in [2.75, 3.05) is 0 Å². The first-order chi connectivity index (χ1) is 27.8. The Kier molecular flexibility index (Phi) is 7.49. The molecule has 0 N–H and O–H groups in total. The lowest BCUT2D eigenvalue weighted by Gasteiger charge is -2.13. The summed E-state index contributed by atoms with van der Waals surface area (Å²) in [7, 11) is 0. The van der Waals surface area contributed by atoms with Gasteiger partial charge >= 0.3 is 0 Å². The first kappa shape index (κ1) is 32.0. The predicted molar refractivity (Wildman–Crippen MR) is 235 cm³/mol. The minimum absolute atomic E-state index is 0.956. The summed E-state index contributed by atoms with van der Waals surface area (Å²) in [6.07, 6.45) is 0. The van der Waals surface area contributed by atoms with E-state index in [2.05, 4.69) is 221 Å². The molecule has 0 atom stereocenters. The number of pyridine rings is 1. The van der Waals surface area contributed by atoms with E-state index in [1.807, 2.05) is 0 Å². The number of fused-ring (bicyclic) bond motifs is 6. The smallest absolute Gasteiger partial charge is 0.0715 e. The molecule has 0 aliphatic carbocycles. The van der Waals surface area contributed by atoms with Crippen molar-refractivity contribution in [2.45, 2.75) is 0 Å². The van der Waals surface area contributed by atoms with Gasteiger partial charge in [0.25, 0.3) is 0 Å². The highest BCUT2D eigenvalue weighted by Crippen LogP contribution is 2.41. The lowest BCUT2D eigenvalue weighted by Crippen LogP contribution is -1.95. The van der Waals surface area contributed by atoms with Gasteiger partial charge in [0, 0.05) is 44.0 Å². The molecular formula is C53H35N3. The summed E-state index contributed by atoms with van der Waals surface area (Å²) in [6, 6.07) is 76.2. The van der Waals surface area contributed by atoms with E-state index >= 15 is 0 Å². The molecule has 3 heterocycles. The molecule has 3 heteroatoms. The Morgan fingerprint density at radius 2 is 0.804 bits per heavy atom. The van der Waals surface area contributed by atoms with Crippen molar-refractivity contribution in [3.05, 3.63) is 212 Å². The van der Waals surface area contributed by atoms with Crippen molar-refractivity contribution in [3.63, 3.8) is 0 Å². The molecule has 0 saturated carbocycles. The Hall–Kier alpha value is -7.49. The van der Waals surface area contributed by atoms with Crippen molar-refractivity contribution < 1.29 is 0 Å². The van der Waals surface area contributed by atoms with Crippen molar-refractivity contribution in [2.24, 2.45) is 0 Å². The van der Waals surface area contributed by atoms with Crippen LogP contribution >= 0.6 is 0 Å². The number of rotatable bonds is 6. The molecular weight excluding hydrogens is 679 g/mol. The van der Waals surface area contributed by atoms with Gasteiger partial charge < -0.3 is 9.13 Å². The molecule has 0 saturated heterocycles. The summed E-state index contributed by atoms with van der Waals surface area (Å²) >= 11 is 0. The SMILES string of the molecule is c1ccc(-c2cc(-c3cccc(-n4c5ccccc5c5c(-c6ccc7c(c6)c6ccccc6n7-c6ccccc6)cccc54)c3)cc(-c3ccccc3)n2)cc1. The first-order valence-electron chi connectivity index (χ1n) is 19.1. The number of nitrogens with zero attached hydrogens (tertiary/aromatic N) is 3. The van der Waals surface area contributed by atoms with Crippen LogP contribution < -0.4 is 0 Å². The normalized spacial score (nSPS) is 11.6. The first-order valence-corrected chi connectivity index (χ1v) is 19.1. The maximum atomic E-state index is 5.14. The summed E-state index contributed by atoms with van der Waals surface area (Å²) in [5.74, 6) is 0. The van der Waals surface area contributed by atoms with E-state index in [0.717, 1.165) is 45.0 Å². The van der Waals surface area contributed by atoms with Gasteiger partial charge in [0.2, 0.25) is 0 Å². The highest BCUT2D eigenvalue weighted by atomic mass is 15.0. The van der Waals surface area contributed by atoms with Gasteiger partial charge in [-0.25, -0.2) is 4.98 Å². The Balaban J connectivity index is 1.09. The quantitative estimate of drug-likeness (QED) is 0.168. The van der Waals surface area contributed by atoms with Crippen LogP contribution in [0.2, 0.25) is 0 Å².